The fourth-order valence-corrected chi connectivity index (χ4v) is 4.05. The first kappa shape index (κ1) is 16.9. The second-order valence-electron chi connectivity index (χ2n) is 7.47. The molecule has 1 aromatic rings. The zero-order valence-electron chi connectivity index (χ0n) is 14.9. The lowest BCUT2D eigenvalue weighted by atomic mass is 9.93. The maximum atomic E-state index is 5.83. The van der Waals surface area contributed by atoms with Crippen LogP contribution in [0.2, 0.25) is 0 Å². The van der Waals surface area contributed by atoms with E-state index >= 15 is 0 Å². The first-order valence-corrected chi connectivity index (χ1v) is 9.17. The molecule has 0 spiro atoms. The Labute approximate surface area is 140 Å². The van der Waals surface area contributed by atoms with Crippen LogP contribution < -0.4 is 0 Å². The summed E-state index contributed by atoms with van der Waals surface area (Å²) < 4.78 is 7.82. The fraction of sp³-hybridized carbons (Fsp3) is 0.833. The van der Waals surface area contributed by atoms with E-state index in [0.29, 0.717) is 12.2 Å². The summed E-state index contributed by atoms with van der Waals surface area (Å²) in [5, 5.41) is 4.26. The SMILES string of the molecule is C[C@H]1CN(CCC2CCN(Cc3ccnn3C)CC2)C[C@H](C)O1. The maximum absolute atomic E-state index is 5.83. The molecule has 0 bridgehead atoms. The zero-order valence-corrected chi connectivity index (χ0v) is 14.9. The first-order valence-electron chi connectivity index (χ1n) is 9.17. The van der Waals surface area contributed by atoms with Gasteiger partial charge in [0.1, 0.15) is 0 Å². The first-order chi connectivity index (χ1) is 11.1. The standard InChI is InChI=1S/C18H32N4O/c1-15-12-22(13-16(2)23-15)11-7-17-5-9-21(10-6-17)14-18-4-8-19-20(18)3/h4,8,15-17H,5-7,9-14H2,1-3H3/t15-,16-/m0/s1. The number of morpholine rings is 1. The van der Waals surface area contributed by atoms with Crippen LogP contribution in [0.4, 0.5) is 0 Å². The van der Waals surface area contributed by atoms with E-state index in [4.69, 9.17) is 4.74 Å². The number of nitrogens with zero attached hydrogens (tertiary/aromatic N) is 4. The maximum Gasteiger partial charge on any atom is 0.0678 e. The average Bonchev–Trinajstić information content (AvgIpc) is 2.91. The summed E-state index contributed by atoms with van der Waals surface area (Å²) in [5.74, 6) is 0.895. The van der Waals surface area contributed by atoms with Crippen molar-refractivity contribution >= 4 is 0 Å². The molecule has 2 atom stereocenters. The van der Waals surface area contributed by atoms with Gasteiger partial charge < -0.3 is 4.74 Å². The highest BCUT2D eigenvalue weighted by molar-refractivity contribution is 5.00. The van der Waals surface area contributed by atoms with Crippen LogP contribution in [-0.4, -0.2) is 64.5 Å². The van der Waals surface area contributed by atoms with Crippen LogP contribution >= 0.6 is 0 Å². The van der Waals surface area contributed by atoms with E-state index in [0.717, 1.165) is 25.6 Å². The van der Waals surface area contributed by atoms with Crippen molar-refractivity contribution in [2.45, 2.75) is 51.9 Å². The molecule has 0 amide bonds. The largest absolute Gasteiger partial charge is 0.373 e. The molecule has 2 saturated heterocycles. The van der Waals surface area contributed by atoms with Crippen LogP contribution in [-0.2, 0) is 18.3 Å². The molecule has 5 nitrogen and oxygen atoms in total. The Morgan fingerprint density at radius 1 is 1.13 bits per heavy atom. The van der Waals surface area contributed by atoms with Crippen molar-refractivity contribution in [1.82, 2.24) is 19.6 Å². The van der Waals surface area contributed by atoms with Crippen LogP contribution in [0.25, 0.3) is 0 Å². The molecule has 3 heterocycles. The lowest BCUT2D eigenvalue weighted by Gasteiger charge is -2.37. The van der Waals surface area contributed by atoms with Gasteiger partial charge in [0.25, 0.3) is 0 Å². The van der Waals surface area contributed by atoms with Gasteiger partial charge in [-0.05, 0) is 64.7 Å². The summed E-state index contributed by atoms with van der Waals surface area (Å²) in [4.78, 5) is 5.17. The predicted molar refractivity (Wildman–Crippen MR) is 92.3 cm³/mol. The van der Waals surface area contributed by atoms with Gasteiger partial charge in [0.15, 0.2) is 0 Å². The molecular formula is C18H32N4O. The fourth-order valence-electron chi connectivity index (χ4n) is 4.05. The van der Waals surface area contributed by atoms with Gasteiger partial charge in [0.05, 0.1) is 17.9 Å². The molecule has 0 aliphatic carbocycles. The minimum Gasteiger partial charge on any atom is -0.373 e. The normalized spacial score (nSPS) is 28.3. The predicted octanol–water partition coefficient (Wildman–Crippen LogP) is 2.13. The summed E-state index contributed by atoms with van der Waals surface area (Å²) in [6.07, 6.45) is 6.70. The number of aromatic nitrogens is 2. The van der Waals surface area contributed by atoms with Gasteiger partial charge in [-0.25, -0.2) is 0 Å². The Morgan fingerprint density at radius 2 is 1.83 bits per heavy atom. The van der Waals surface area contributed by atoms with Crippen molar-refractivity contribution in [2.24, 2.45) is 13.0 Å². The van der Waals surface area contributed by atoms with E-state index in [1.165, 1.54) is 44.6 Å². The second kappa shape index (κ2) is 7.77. The second-order valence-corrected chi connectivity index (χ2v) is 7.47. The van der Waals surface area contributed by atoms with Gasteiger partial charge >= 0.3 is 0 Å². The molecule has 23 heavy (non-hydrogen) atoms. The quantitative estimate of drug-likeness (QED) is 0.832. The Hall–Kier alpha value is -0.910. The molecule has 5 heteroatoms. The molecule has 0 aromatic carbocycles. The van der Waals surface area contributed by atoms with E-state index < -0.39 is 0 Å². The molecule has 130 valence electrons. The smallest absolute Gasteiger partial charge is 0.0678 e. The van der Waals surface area contributed by atoms with E-state index in [1.54, 1.807) is 0 Å². The summed E-state index contributed by atoms with van der Waals surface area (Å²) in [6, 6.07) is 2.13. The van der Waals surface area contributed by atoms with Gasteiger partial charge in [0.2, 0.25) is 0 Å². The van der Waals surface area contributed by atoms with Crippen molar-refractivity contribution in [1.29, 1.82) is 0 Å². The van der Waals surface area contributed by atoms with E-state index in [1.807, 2.05) is 17.9 Å². The van der Waals surface area contributed by atoms with Gasteiger partial charge in [-0.15, -0.1) is 0 Å². The molecular weight excluding hydrogens is 288 g/mol. The van der Waals surface area contributed by atoms with Crippen molar-refractivity contribution in [3.63, 3.8) is 0 Å². The average molecular weight is 320 g/mol. The number of rotatable bonds is 5. The Kier molecular flexibility index (Phi) is 5.72. The van der Waals surface area contributed by atoms with Gasteiger partial charge in [-0.3, -0.25) is 14.5 Å². The monoisotopic (exact) mass is 320 g/mol. The summed E-state index contributed by atoms with van der Waals surface area (Å²) in [5.41, 5.74) is 1.32. The Bertz CT molecular complexity index is 471. The Balaban J connectivity index is 1.37. The van der Waals surface area contributed by atoms with Crippen molar-refractivity contribution in [3.05, 3.63) is 18.0 Å². The molecule has 2 aliphatic heterocycles. The number of aryl methyl sites for hydroxylation is 1. The van der Waals surface area contributed by atoms with E-state index in [2.05, 4.69) is 34.8 Å². The molecule has 2 aliphatic rings. The minimum atomic E-state index is 0.388. The number of piperidine rings is 1. The third-order valence-electron chi connectivity index (χ3n) is 5.36. The summed E-state index contributed by atoms with van der Waals surface area (Å²) in [7, 11) is 2.03. The topological polar surface area (TPSA) is 33.5 Å². The number of ether oxygens (including phenoxy) is 1. The zero-order chi connectivity index (χ0) is 16.2. The van der Waals surface area contributed by atoms with Crippen LogP contribution in [0.15, 0.2) is 12.3 Å². The molecule has 3 rings (SSSR count). The van der Waals surface area contributed by atoms with Crippen molar-refractivity contribution < 1.29 is 4.74 Å². The van der Waals surface area contributed by atoms with Gasteiger partial charge in [0, 0.05) is 32.9 Å². The molecule has 0 N–H and O–H groups in total. The highest BCUT2D eigenvalue weighted by atomic mass is 16.5. The molecule has 2 fully saturated rings. The molecule has 0 unspecified atom stereocenters. The third-order valence-corrected chi connectivity index (χ3v) is 5.36. The van der Waals surface area contributed by atoms with E-state index in [-0.39, 0.29) is 0 Å². The third kappa shape index (κ3) is 4.78. The highest BCUT2D eigenvalue weighted by Gasteiger charge is 2.24. The van der Waals surface area contributed by atoms with E-state index in [9.17, 15) is 0 Å². The number of hydrogen-bond acceptors (Lipinski definition) is 4. The minimum absolute atomic E-state index is 0.388. The molecule has 1 aromatic heterocycles. The molecule has 0 radical (unpaired) electrons. The number of likely N-dealkylation sites (tertiary alicyclic amines) is 1. The highest BCUT2D eigenvalue weighted by Crippen LogP contribution is 2.23. The van der Waals surface area contributed by atoms with Crippen LogP contribution in [0.5, 0.6) is 0 Å². The summed E-state index contributed by atoms with van der Waals surface area (Å²) >= 11 is 0. The lowest BCUT2D eigenvalue weighted by molar-refractivity contribution is -0.0693. The van der Waals surface area contributed by atoms with Crippen LogP contribution in [0.3, 0.4) is 0 Å². The lowest BCUT2D eigenvalue weighted by Crippen LogP contribution is -2.46. The van der Waals surface area contributed by atoms with Crippen LogP contribution in [0, 0.1) is 5.92 Å². The van der Waals surface area contributed by atoms with Crippen molar-refractivity contribution in [2.75, 3.05) is 32.7 Å². The molecule has 0 saturated carbocycles. The van der Waals surface area contributed by atoms with Gasteiger partial charge in [-0.1, -0.05) is 0 Å². The van der Waals surface area contributed by atoms with Gasteiger partial charge in [-0.2, -0.15) is 5.10 Å². The Morgan fingerprint density at radius 3 is 2.43 bits per heavy atom. The van der Waals surface area contributed by atoms with Crippen LogP contribution in [0.1, 0.15) is 38.8 Å². The number of hydrogen-bond donors (Lipinski definition) is 0. The van der Waals surface area contributed by atoms with Crippen molar-refractivity contribution in [3.8, 4) is 0 Å². The summed E-state index contributed by atoms with van der Waals surface area (Å²) in [6.45, 7) is 11.3.